The standard InChI is InChI=1S/C24H21F3INO5S/c1-32-19-12-10-17(11-13-19)14-33-15-21-20(8-5-9-22(21)28)23(24(25,26)27)29-34-35(30,31)16-18-6-3-2-4-7-18/h2-13H,14-16H2,1H3. The number of rotatable bonds is 10. The van der Waals surface area contributed by atoms with E-state index in [0.29, 0.717) is 14.9 Å². The minimum absolute atomic E-state index is 0.148. The fourth-order valence-electron chi connectivity index (χ4n) is 3.07. The molecule has 11 heteroatoms. The van der Waals surface area contributed by atoms with Gasteiger partial charge in [0.25, 0.3) is 0 Å². The van der Waals surface area contributed by atoms with Crippen molar-refractivity contribution in [1.29, 1.82) is 0 Å². The van der Waals surface area contributed by atoms with Crippen LogP contribution in [0.25, 0.3) is 0 Å². The molecule has 0 fully saturated rings. The van der Waals surface area contributed by atoms with Gasteiger partial charge in [0.1, 0.15) is 11.5 Å². The number of alkyl halides is 3. The zero-order valence-corrected chi connectivity index (χ0v) is 21.4. The van der Waals surface area contributed by atoms with Gasteiger partial charge in [-0.2, -0.15) is 21.6 Å². The molecule has 0 N–H and O–H groups in total. The highest BCUT2D eigenvalue weighted by Crippen LogP contribution is 2.28. The van der Waals surface area contributed by atoms with E-state index >= 15 is 0 Å². The highest BCUT2D eigenvalue weighted by Gasteiger charge is 2.40. The van der Waals surface area contributed by atoms with Gasteiger partial charge in [0.2, 0.25) is 0 Å². The van der Waals surface area contributed by atoms with Crippen molar-refractivity contribution >= 4 is 38.4 Å². The Hall–Kier alpha value is -2.64. The quantitative estimate of drug-likeness (QED) is 0.162. The first kappa shape index (κ1) is 27.0. The number of methoxy groups -OCH3 is 1. The molecular formula is C24H21F3INO5S. The van der Waals surface area contributed by atoms with E-state index in [9.17, 15) is 21.6 Å². The third-order valence-corrected chi connectivity index (χ3v) is 6.74. The lowest BCUT2D eigenvalue weighted by Crippen LogP contribution is -2.27. The van der Waals surface area contributed by atoms with Crippen LogP contribution in [0.3, 0.4) is 0 Å². The van der Waals surface area contributed by atoms with E-state index in [0.717, 1.165) is 5.56 Å². The maximum atomic E-state index is 13.9. The SMILES string of the molecule is COc1ccc(COCc2c(I)cccc2C(=NOS(=O)(=O)Cc2ccccc2)C(F)(F)F)cc1. The molecule has 0 atom stereocenters. The van der Waals surface area contributed by atoms with E-state index in [1.165, 1.54) is 24.3 Å². The molecule has 0 radical (unpaired) electrons. The van der Waals surface area contributed by atoms with Gasteiger partial charge < -0.3 is 9.47 Å². The predicted octanol–water partition coefficient (Wildman–Crippen LogP) is 5.83. The molecule has 0 spiro atoms. The van der Waals surface area contributed by atoms with Crippen LogP contribution in [0.1, 0.15) is 22.3 Å². The van der Waals surface area contributed by atoms with Crippen LogP contribution in [0.15, 0.2) is 78.0 Å². The first-order chi connectivity index (χ1) is 16.6. The van der Waals surface area contributed by atoms with Crippen LogP contribution in [0.4, 0.5) is 13.2 Å². The summed E-state index contributed by atoms with van der Waals surface area (Å²) in [5.74, 6) is 0.0500. The summed E-state index contributed by atoms with van der Waals surface area (Å²) in [6, 6.07) is 19.3. The van der Waals surface area contributed by atoms with Gasteiger partial charge in [0.05, 0.1) is 20.3 Å². The first-order valence-electron chi connectivity index (χ1n) is 10.2. The van der Waals surface area contributed by atoms with Crippen molar-refractivity contribution in [2.75, 3.05) is 7.11 Å². The molecule has 186 valence electrons. The molecule has 0 aliphatic rings. The summed E-state index contributed by atoms with van der Waals surface area (Å²) in [5.41, 5.74) is -0.414. The fourth-order valence-corrected chi connectivity index (χ4v) is 4.57. The van der Waals surface area contributed by atoms with Crippen LogP contribution in [0, 0.1) is 3.57 Å². The highest BCUT2D eigenvalue weighted by atomic mass is 127. The lowest BCUT2D eigenvalue weighted by atomic mass is 10.0. The number of halogens is 4. The number of benzene rings is 3. The molecule has 3 aromatic carbocycles. The van der Waals surface area contributed by atoms with E-state index in [4.69, 9.17) is 9.47 Å². The molecule has 35 heavy (non-hydrogen) atoms. The molecule has 0 heterocycles. The number of hydrogen-bond acceptors (Lipinski definition) is 6. The van der Waals surface area contributed by atoms with Crippen molar-refractivity contribution < 1.29 is 35.3 Å². The second kappa shape index (κ2) is 11.9. The molecular weight excluding hydrogens is 598 g/mol. The minimum Gasteiger partial charge on any atom is -0.497 e. The molecule has 3 aromatic rings. The maximum Gasteiger partial charge on any atom is 0.437 e. The van der Waals surface area contributed by atoms with Crippen molar-refractivity contribution in [3.63, 3.8) is 0 Å². The first-order valence-corrected chi connectivity index (χ1v) is 12.8. The summed E-state index contributed by atoms with van der Waals surface area (Å²) in [5, 5.41) is 3.05. The van der Waals surface area contributed by atoms with Crippen LogP contribution >= 0.6 is 22.6 Å². The molecule has 0 aliphatic carbocycles. The maximum absolute atomic E-state index is 13.9. The van der Waals surface area contributed by atoms with Gasteiger partial charge in [-0.15, -0.1) is 0 Å². The molecule has 6 nitrogen and oxygen atoms in total. The molecule has 0 bridgehead atoms. The summed E-state index contributed by atoms with van der Waals surface area (Å²) in [7, 11) is -2.87. The van der Waals surface area contributed by atoms with Crippen LogP contribution < -0.4 is 4.74 Å². The second-order valence-electron chi connectivity index (χ2n) is 7.31. The fraction of sp³-hybridized carbons (Fsp3) is 0.208. The summed E-state index contributed by atoms with van der Waals surface area (Å²) in [6.07, 6.45) is -4.97. The van der Waals surface area contributed by atoms with Crippen molar-refractivity contribution in [2.45, 2.75) is 25.1 Å². The Kier molecular flexibility index (Phi) is 9.14. The van der Waals surface area contributed by atoms with E-state index in [-0.39, 0.29) is 24.3 Å². The Morgan fingerprint density at radius 1 is 0.914 bits per heavy atom. The zero-order valence-electron chi connectivity index (χ0n) is 18.5. The Labute approximate surface area is 215 Å². The third-order valence-electron chi connectivity index (χ3n) is 4.75. The zero-order chi connectivity index (χ0) is 25.5. The van der Waals surface area contributed by atoms with Crippen molar-refractivity contribution in [1.82, 2.24) is 0 Å². The van der Waals surface area contributed by atoms with Gasteiger partial charge in [-0.05, 0) is 51.9 Å². The topological polar surface area (TPSA) is 74.2 Å². The third kappa shape index (κ3) is 7.94. The lowest BCUT2D eigenvalue weighted by molar-refractivity contribution is -0.0598. The van der Waals surface area contributed by atoms with Gasteiger partial charge in [0, 0.05) is 14.7 Å². The van der Waals surface area contributed by atoms with E-state index in [2.05, 4.69) is 9.44 Å². The van der Waals surface area contributed by atoms with Crippen molar-refractivity contribution in [2.24, 2.45) is 5.16 Å². The smallest absolute Gasteiger partial charge is 0.437 e. The summed E-state index contributed by atoms with van der Waals surface area (Å²) < 4.78 is 82.0. The highest BCUT2D eigenvalue weighted by molar-refractivity contribution is 14.1. The number of hydrogen-bond donors (Lipinski definition) is 0. The number of oxime groups is 1. The normalized spacial score (nSPS) is 12.4. The molecule has 0 saturated carbocycles. The Morgan fingerprint density at radius 2 is 1.60 bits per heavy atom. The molecule has 0 unspecified atom stereocenters. The summed E-state index contributed by atoms with van der Waals surface area (Å²) >= 11 is 1.89. The number of nitrogens with zero attached hydrogens (tertiary/aromatic N) is 1. The average Bonchev–Trinajstić information content (AvgIpc) is 2.80. The number of ether oxygens (including phenoxy) is 2. The van der Waals surface area contributed by atoms with Crippen molar-refractivity contribution in [3.05, 3.63) is 98.6 Å². The van der Waals surface area contributed by atoms with Crippen LogP contribution in [-0.4, -0.2) is 27.4 Å². The average molecular weight is 619 g/mol. The molecule has 0 aromatic heterocycles. The Bertz CT molecular complexity index is 1260. The van der Waals surface area contributed by atoms with Gasteiger partial charge >= 0.3 is 16.3 Å². The van der Waals surface area contributed by atoms with Crippen molar-refractivity contribution in [3.8, 4) is 5.75 Å². The van der Waals surface area contributed by atoms with Gasteiger partial charge in [-0.1, -0.05) is 59.8 Å². The van der Waals surface area contributed by atoms with Crippen LogP contribution in [-0.2, 0) is 38.1 Å². The lowest BCUT2D eigenvalue weighted by Gasteiger charge is -2.16. The second-order valence-corrected chi connectivity index (χ2v) is 10.0. The predicted molar refractivity (Wildman–Crippen MR) is 133 cm³/mol. The minimum atomic E-state index is -4.97. The summed E-state index contributed by atoms with van der Waals surface area (Å²) in [6.45, 7) is -0.0127. The molecule has 3 rings (SSSR count). The van der Waals surface area contributed by atoms with Gasteiger partial charge in [-0.25, -0.2) is 0 Å². The largest absolute Gasteiger partial charge is 0.497 e. The van der Waals surface area contributed by atoms with E-state index in [1.807, 2.05) is 22.6 Å². The Balaban J connectivity index is 1.82. The summed E-state index contributed by atoms with van der Waals surface area (Å²) in [4.78, 5) is 0. The van der Waals surface area contributed by atoms with Gasteiger partial charge in [-0.3, -0.25) is 4.28 Å². The van der Waals surface area contributed by atoms with Crippen LogP contribution in [0.2, 0.25) is 0 Å². The monoisotopic (exact) mass is 619 g/mol. The molecule has 0 aliphatic heterocycles. The molecule has 0 saturated heterocycles. The molecule has 0 amide bonds. The van der Waals surface area contributed by atoms with Gasteiger partial charge in [0.15, 0.2) is 5.71 Å². The Morgan fingerprint density at radius 3 is 2.23 bits per heavy atom. The van der Waals surface area contributed by atoms with E-state index < -0.39 is 27.8 Å². The van der Waals surface area contributed by atoms with Crippen LogP contribution in [0.5, 0.6) is 5.75 Å². The van der Waals surface area contributed by atoms with E-state index in [1.54, 1.807) is 55.6 Å².